The van der Waals surface area contributed by atoms with E-state index in [9.17, 15) is 4.79 Å². The van der Waals surface area contributed by atoms with E-state index in [2.05, 4.69) is 47.8 Å². The van der Waals surface area contributed by atoms with Gasteiger partial charge >= 0.3 is 0 Å². The number of rotatable bonds is 2. The predicted molar refractivity (Wildman–Crippen MR) is 84.3 cm³/mol. The van der Waals surface area contributed by atoms with Crippen LogP contribution in [0.3, 0.4) is 0 Å². The summed E-state index contributed by atoms with van der Waals surface area (Å²) in [7, 11) is 1.86. The monoisotopic (exact) mass is 278 g/mol. The van der Waals surface area contributed by atoms with Gasteiger partial charge in [0.05, 0.1) is 0 Å². The fourth-order valence-electron chi connectivity index (χ4n) is 3.39. The van der Waals surface area contributed by atoms with Crippen molar-refractivity contribution in [2.45, 2.75) is 18.9 Å². The summed E-state index contributed by atoms with van der Waals surface area (Å²) < 4.78 is 0. The molecule has 4 rings (SSSR count). The van der Waals surface area contributed by atoms with E-state index in [-0.39, 0.29) is 11.9 Å². The average Bonchev–Trinajstić information content (AvgIpc) is 3.01. The van der Waals surface area contributed by atoms with Crippen molar-refractivity contribution in [2.75, 3.05) is 18.9 Å². The van der Waals surface area contributed by atoms with E-state index in [0.29, 0.717) is 0 Å². The maximum absolute atomic E-state index is 12.0. The number of nitrogens with zero attached hydrogens (tertiary/aromatic N) is 1. The Bertz CT molecular complexity index is 723. The van der Waals surface area contributed by atoms with Gasteiger partial charge in [-0.1, -0.05) is 30.3 Å². The van der Waals surface area contributed by atoms with Crippen LogP contribution in [-0.2, 0) is 11.2 Å². The van der Waals surface area contributed by atoms with Crippen LogP contribution in [0.5, 0.6) is 0 Å². The van der Waals surface area contributed by atoms with Gasteiger partial charge in [-0.15, -0.1) is 0 Å². The highest BCUT2D eigenvalue weighted by Gasteiger charge is 2.29. The number of carbonyl (C=O) groups excluding carboxylic acids is 1. The quantitative estimate of drug-likeness (QED) is 0.781. The lowest BCUT2D eigenvalue weighted by atomic mass is 10.1. The second kappa shape index (κ2) is 4.62. The van der Waals surface area contributed by atoms with E-state index in [1.54, 1.807) is 4.90 Å². The molecule has 1 aliphatic carbocycles. The number of hydrogen-bond donors (Lipinski definition) is 1. The van der Waals surface area contributed by atoms with Crippen LogP contribution in [0.25, 0.3) is 11.1 Å². The summed E-state index contributed by atoms with van der Waals surface area (Å²) in [5.41, 5.74) is 6.46. The Labute approximate surface area is 124 Å². The first-order chi connectivity index (χ1) is 10.2. The third-order valence-electron chi connectivity index (χ3n) is 4.56. The van der Waals surface area contributed by atoms with Crippen LogP contribution in [0, 0.1) is 0 Å². The number of anilines is 1. The summed E-state index contributed by atoms with van der Waals surface area (Å²) in [6.45, 7) is 0.840. The summed E-state index contributed by atoms with van der Waals surface area (Å²) >= 11 is 0. The lowest BCUT2D eigenvalue weighted by Crippen LogP contribution is -2.30. The van der Waals surface area contributed by atoms with Gasteiger partial charge in [0, 0.05) is 19.3 Å². The van der Waals surface area contributed by atoms with Gasteiger partial charge in [0.1, 0.15) is 6.04 Å². The molecule has 1 unspecified atom stereocenters. The van der Waals surface area contributed by atoms with Crippen LogP contribution in [0.2, 0.25) is 0 Å². The Kier molecular flexibility index (Phi) is 2.74. The summed E-state index contributed by atoms with van der Waals surface area (Å²) in [4.78, 5) is 13.8. The number of carbonyl (C=O) groups is 1. The molecule has 1 saturated heterocycles. The molecule has 0 saturated carbocycles. The Hall–Kier alpha value is -2.29. The minimum absolute atomic E-state index is 0.0724. The second-order valence-electron chi connectivity index (χ2n) is 5.95. The number of nitrogens with one attached hydrogen (secondary N) is 1. The number of fused-ring (bicyclic) bond motifs is 3. The van der Waals surface area contributed by atoms with Gasteiger partial charge in [0.2, 0.25) is 5.91 Å². The topological polar surface area (TPSA) is 32.3 Å². The molecule has 1 fully saturated rings. The molecule has 1 N–H and O–H groups in total. The molecule has 1 aliphatic heterocycles. The number of benzene rings is 2. The lowest BCUT2D eigenvalue weighted by Gasteiger charge is -2.14. The summed E-state index contributed by atoms with van der Waals surface area (Å²) in [5.74, 6) is 0.193. The zero-order valence-corrected chi connectivity index (χ0v) is 12.1. The zero-order chi connectivity index (χ0) is 14.4. The van der Waals surface area contributed by atoms with Crippen LogP contribution in [0.15, 0.2) is 42.5 Å². The molecular weight excluding hydrogens is 260 g/mol. The fourth-order valence-corrected chi connectivity index (χ4v) is 3.39. The lowest BCUT2D eigenvalue weighted by molar-refractivity contribution is -0.127. The standard InChI is InChI=1S/C18H18N2O/c1-20-9-8-17(18(20)21)19-14-6-7-16-13(11-14)10-12-4-2-3-5-15(12)16/h2-7,11,17,19H,8-10H2,1H3. The van der Waals surface area contributed by atoms with Gasteiger partial charge in [-0.25, -0.2) is 0 Å². The third kappa shape index (κ3) is 2.00. The van der Waals surface area contributed by atoms with Crippen LogP contribution in [-0.4, -0.2) is 30.4 Å². The highest BCUT2D eigenvalue weighted by Crippen LogP contribution is 2.37. The molecule has 0 radical (unpaired) electrons. The molecule has 2 aliphatic rings. The number of likely N-dealkylation sites (tertiary alicyclic amines) is 1. The Balaban J connectivity index is 1.60. The SMILES string of the molecule is CN1CCC(Nc2ccc3c(c2)Cc2ccccc2-3)C1=O. The molecule has 21 heavy (non-hydrogen) atoms. The first-order valence-corrected chi connectivity index (χ1v) is 7.45. The molecule has 2 aromatic rings. The first-order valence-electron chi connectivity index (χ1n) is 7.45. The van der Waals surface area contributed by atoms with E-state index >= 15 is 0 Å². The molecule has 1 atom stereocenters. The van der Waals surface area contributed by atoms with E-state index in [4.69, 9.17) is 0 Å². The number of likely N-dealkylation sites (N-methyl/N-ethyl adjacent to an activating group) is 1. The van der Waals surface area contributed by atoms with Crippen molar-refractivity contribution in [3.8, 4) is 11.1 Å². The van der Waals surface area contributed by atoms with Crippen molar-refractivity contribution in [1.82, 2.24) is 4.90 Å². The van der Waals surface area contributed by atoms with Gasteiger partial charge in [0.25, 0.3) is 0 Å². The normalized spacial score (nSPS) is 19.6. The van der Waals surface area contributed by atoms with Gasteiger partial charge in [-0.2, -0.15) is 0 Å². The highest BCUT2D eigenvalue weighted by atomic mass is 16.2. The van der Waals surface area contributed by atoms with Crippen molar-refractivity contribution < 1.29 is 4.79 Å². The minimum Gasteiger partial charge on any atom is -0.374 e. The Morgan fingerprint density at radius 2 is 1.90 bits per heavy atom. The molecule has 0 aromatic heterocycles. The Morgan fingerprint density at radius 3 is 2.71 bits per heavy atom. The van der Waals surface area contributed by atoms with Gasteiger partial charge in [-0.05, 0) is 47.2 Å². The first kappa shape index (κ1) is 12.5. The second-order valence-corrected chi connectivity index (χ2v) is 5.95. The van der Waals surface area contributed by atoms with E-state index < -0.39 is 0 Å². The fraction of sp³-hybridized carbons (Fsp3) is 0.278. The third-order valence-corrected chi connectivity index (χ3v) is 4.56. The highest BCUT2D eigenvalue weighted by molar-refractivity contribution is 5.87. The van der Waals surface area contributed by atoms with E-state index in [1.165, 1.54) is 22.3 Å². The van der Waals surface area contributed by atoms with Crippen molar-refractivity contribution in [2.24, 2.45) is 0 Å². The molecule has 106 valence electrons. The largest absolute Gasteiger partial charge is 0.374 e. The van der Waals surface area contributed by atoms with Gasteiger partial charge in [0.15, 0.2) is 0 Å². The maximum atomic E-state index is 12.0. The van der Waals surface area contributed by atoms with Crippen molar-refractivity contribution in [1.29, 1.82) is 0 Å². The van der Waals surface area contributed by atoms with Crippen molar-refractivity contribution in [3.05, 3.63) is 53.6 Å². The van der Waals surface area contributed by atoms with Crippen molar-refractivity contribution >= 4 is 11.6 Å². The summed E-state index contributed by atoms with van der Waals surface area (Å²) in [6.07, 6.45) is 1.87. The van der Waals surface area contributed by atoms with Crippen LogP contribution in [0.4, 0.5) is 5.69 Å². The molecule has 3 nitrogen and oxygen atoms in total. The van der Waals surface area contributed by atoms with Gasteiger partial charge < -0.3 is 10.2 Å². The minimum atomic E-state index is -0.0724. The number of amides is 1. The Morgan fingerprint density at radius 1 is 1.10 bits per heavy atom. The molecule has 3 heteroatoms. The molecule has 1 amide bonds. The van der Waals surface area contributed by atoms with E-state index in [0.717, 1.165) is 25.1 Å². The van der Waals surface area contributed by atoms with Crippen LogP contribution < -0.4 is 5.32 Å². The molecule has 2 aromatic carbocycles. The summed E-state index contributed by atoms with van der Waals surface area (Å²) in [5, 5.41) is 3.39. The molecule has 0 bridgehead atoms. The van der Waals surface area contributed by atoms with Crippen LogP contribution in [0.1, 0.15) is 17.5 Å². The van der Waals surface area contributed by atoms with E-state index in [1.807, 2.05) is 7.05 Å². The predicted octanol–water partition coefficient (Wildman–Crippen LogP) is 2.90. The molecule has 1 heterocycles. The molecular formula is C18H18N2O. The smallest absolute Gasteiger partial charge is 0.244 e. The average molecular weight is 278 g/mol. The number of hydrogen-bond acceptors (Lipinski definition) is 2. The van der Waals surface area contributed by atoms with Gasteiger partial charge in [-0.3, -0.25) is 4.79 Å². The van der Waals surface area contributed by atoms with Crippen molar-refractivity contribution in [3.63, 3.8) is 0 Å². The summed E-state index contributed by atoms with van der Waals surface area (Å²) in [6, 6.07) is 14.9. The zero-order valence-electron chi connectivity index (χ0n) is 12.1. The maximum Gasteiger partial charge on any atom is 0.244 e. The van der Waals surface area contributed by atoms with Crippen LogP contribution >= 0.6 is 0 Å². The molecule has 0 spiro atoms.